The Morgan fingerprint density at radius 2 is 1.04 bits per heavy atom. The van der Waals surface area contributed by atoms with Gasteiger partial charge in [0.05, 0.1) is 0 Å². The first-order valence-electron chi connectivity index (χ1n) is 8.14. The van der Waals surface area contributed by atoms with Gasteiger partial charge < -0.3 is 13.6 Å². The molecule has 25 heavy (non-hydrogen) atoms. The quantitative estimate of drug-likeness (QED) is 0.482. The van der Waals surface area contributed by atoms with E-state index in [1.165, 1.54) is 5.56 Å². The van der Waals surface area contributed by atoms with E-state index in [0.29, 0.717) is 11.5 Å². The molecule has 0 bridgehead atoms. The Morgan fingerprint density at radius 3 is 1.48 bits per heavy atom. The van der Waals surface area contributed by atoms with Crippen LogP contribution in [0.25, 0.3) is 0 Å². The van der Waals surface area contributed by atoms with Gasteiger partial charge in [0.1, 0.15) is 17.2 Å². The molecule has 4 heteroatoms. The first kappa shape index (κ1) is 17.3. The summed E-state index contributed by atoms with van der Waals surface area (Å²) in [5.41, 5.74) is 3.34. The Morgan fingerprint density at radius 1 is 0.600 bits per heavy atom. The Labute approximate surface area is 150 Å². The molecule has 3 rings (SSSR count). The lowest BCUT2D eigenvalue weighted by molar-refractivity contribution is 0.386. The lowest BCUT2D eigenvalue weighted by atomic mass is 10.1. The van der Waals surface area contributed by atoms with E-state index in [9.17, 15) is 0 Å². The molecule has 0 N–H and O–H groups in total. The number of aryl methyl sites for hydroxylation is 3. The summed E-state index contributed by atoms with van der Waals surface area (Å²) in [6.07, 6.45) is 0. The molecule has 0 aliphatic rings. The molecule has 0 aromatic heterocycles. The number of para-hydroxylation sites is 2. The smallest absolute Gasteiger partial charge is 0.409 e. The van der Waals surface area contributed by atoms with Gasteiger partial charge in [-0.1, -0.05) is 54.1 Å². The van der Waals surface area contributed by atoms with E-state index in [2.05, 4.69) is 19.1 Å². The second-order valence-corrected chi connectivity index (χ2v) is 6.85. The first-order chi connectivity index (χ1) is 12.1. The summed E-state index contributed by atoms with van der Waals surface area (Å²) >= 11 is 0. The van der Waals surface area contributed by atoms with Gasteiger partial charge in [0, 0.05) is 0 Å². The van der Waals surface area contributed by atoms with Crippen molar-refractivity contribution in [3.63, 3.8) is 0 Å². The molecular formula is C21H21O3P. The third kappa shape index (κ3) is 4.74. The van der Waals surface area contributed by atoms with Crippen LogP contribution in [0.15, 0.2) is 72.8 Å². The molecule has 0 amide bonds. The molecule has 0 heterocycles. The minimum absolute atomic E-state index is 0.715. The van der Waals surface area contributed by atoms with E-state index in [-0.39, 0.29) is 0 Å². The minimum Gasteiger partial charge on any atom is -0.409 e. The van der Waals surface area contributed by atoms with E-state index in [1.54, 1.807) is 0 Å². The van der Waals surface area contributed by atoms with Crippen molar-refractivity contribution in [2.45, 2.75) is 20.8 Å². The lowest BCUT2D eigenvalue weighted by Gasteiger charge is -2.20. The van der Waals surface area contributed by atoms with Gasteiger partial charge in [0.15, 0.2) is 0 Å². The Balaban J connectivity index is 1.85. The summed E-state index contributed by atoms with van der Waals surface area (Å²) in [6, 6.07) is 23.4. The molecule has 0 aliphatic carbocycles. The number of hydrogen-bond acceptors (Lipinski definition) is 3. The highest BCUT2D eigenvalue weighted by molar-refractivity contribution is 7.43. The fraction of sp³-hybridized carbons (Fsp3) is 0.143. The molecule has 3 nitrogen and oxygen atoms in total. The van der Waals surface area contributed by atoms with Gasteiger partial charge in [-0.2, -0.15) is 0 Å². The van der Waals surface area contributed by atoms with E-state index in [4.69, 9.17) is 13.6 Å². The summed E-state index contributed by atoms with van der Waals surface area (Å²) in [7, 11) is -1.63. The van der Waals surface area contributed by atoms with Gasteiger partial charge in [-0.3, -0.25) is 0 Å². The standard InChI is InChI=1S/C21H21O3P/c1-16-14-17(2)21(18(3)15-16)24-25(22-19-10-6-4-7-11-19)23-20-12-8-5-9-13-20/h4-15H,1-3H3. The average Bonchev–Trinajstić information content (AvgIpc) is 2.60. The fourth-order valence-electron chi connectivity index (χ4n) is 2.58. The van der Waals surface area contributed by atoms with Crippen LogP contribution < -0.4 is 13.6 Å². The highest BCUT2D eigenvalue weighted by Gasteiger charge is 2.21. The average molecular weight is 352 g/mol. The molecule has 0 spiro atoms. The van der Waals surface area contributed by atoms with E-state index >= 15 is 0 Å². The van der Waals surface area contributed by atoms with Gasteiger partial charge in [0.2, 0.25) is 0 Å². The fourth-order valence-corrected chi connectivity index (χ4v) is 3.71. The number of benzene rings is 3. The normalized spacial score (nSPS) is 10.6. The van der Waals surface area contributed by atoms with Crippen molar-refractivity contribution < 1.29 is 13.6 Å². The van der Waals surface area contributed by atoms with Gasteiger partial charge in [-0.25, -0.2) is 0 Å². The zero-order valence-electron chi connectivity index (χ0n) is 14.6. The van der Waals surface area contributed by atoms with E-state index in [0.717, 1.165) is 16.9 Å². The van der Waals surface area contributed by atoms with Crippen LogP contribution in [0.4, 0.5) is 0 Å². The predicted molar refractivity (Wildman–Crippen MR) is 102 cm³/mol. The van der Waals surface area contributed by atoms with Crippen molar-refractivity contribution in [1.29, 1.82) is 0 Å². The van der Waals surface area contributed by atoms with Crippen LogP contribution in [0.1, 0.15) is 16.7 Å². The van der Waals surface area contributed by atoms with Crippen LogP contribution >= 0.6 is 8.60 Å². The second-order valence-electron chi connectivity index (χ2n) is 5.85. The van der Waals surface area contributed by atoms with Crippen LogP contribution in [-0.2, 0) is 0 Å². The molecule has 3 aromatic rings. The first-order valence-corrected chi connectivity index (χ1v) is 9.23. The van der Waals surface area contributed by atoms with Crippen LogP contribution in [0.3, 0.4) is 0 Å². The van der Waals surface area contributed by atoms with Crippen molar-refractivity contribution in [3.05, 3.63) is 89.5 Å². The lowest BCUT2D eigenvalue weighted by Crippen LogP contribution is -2.04. The summed E-state index contributed by atoms with van der Waals surface area (Å²) in [6.45, 7) is 6.15. The maximum atomic E-state index is 6.16. The molecule has 0 saturated heterocycles. The van der Waals surface area contributed by atoms with Crippen LogP contribution in [0.2, 0.25) is 0 Å². The van der Waals surface area contributed by atoms with Crippen LogP contribution in [0, 0.1) is 20.8 Å². The van der Waals surface area contributed by atoms with Gasteiger partial charge in [0.25, 0.3) is 0 Å². The van der Waals surface area contributed by atoms with Gasteiger partial charge in [-0.05, 0) is 56.2 Å². The van der Waals surface area contributed by atoms with Crippen molar-refractivity contribution in [2.75, 3.05) is 0 Å². The Kier molecular flexibility index (Phi) is 5.57. The highest BCUT2D eigenvalue weighted by atomic mass is 31.2. The maximum absolute atomic E-state index is 6.16. The Bertz CT molecular complexity index is 755. The third-order valence-corrected chi connectivity index (χ3v) is 4.67. The monoisotopic (exact) mass is 352 g/mol. The molecule has 0 unspecified atom stereocenters. The summed E-state index contributed by atoms with van der Waals surface area (Å²) < 4.78 is 18.1. The molecule has 0 fully saturated rings. The van der Waals surface area contributed by atoms with E-state index < -0.39 is 8.60 Å². The summed E-state index contributed by atoms with van der Waals surface area (Å²) in [5, 5.41) is 0. The maximum Gasteiger partial charge on any atom is 0.530 e. The molecular weight excluding hydrogens is 331 g/mol. The molecule has 0 atom stereocenters. The van der Waals surface area contributed by atoms with Crippen molar-refractivity contribution in [2.24, 2.45) is 0 Å². The van der Waals surface area contributed by atoms with Gasteiger partial charge in [-0.15, -0.1) is 0 Å². The van der Waals surface area contributed by atoms with Crippen molar-refractivity contribution in [3.8, 4) is 17.2 Å². The zero-order chi connectivity index (χ0) is 17.6. The summed E-state index contributed by atoms with van der Waals surface area (Å²) in [4.78, 5) is 0. The molecule has 0 saturated carbocycles. The molecule has 128 valence electrons. The third-order valence-electron chi connectivity index (χ3n) is 3.62. The minimum atomic E-state index is -1.63. The highest BCUT2D eigenvalue weighted by Crippen LogP contribution is 2.44. The molecule has 0 radical (unpaired) electrons. The van der Waals surface area contributed by atoms with Crippen molar-refractivity contribution in [1.82, 2.24) is 0 Å². The number of rotatable bonds is 6. The second kappa shape index (κ2) is 8.04. The van der Waals surface area contributed by atoms with Crippen LogP contribution in [0.5, 0.6) is 17.2 Å². The molecule has 3 aromatic carbocycles. The SMILES string of the molecule is Cc1cc(C)c(OP(Oc2ccccc2)Oc2ccccc2)c(C)c1. The largest absolute Gasteiger partial charge is 0.530 e. The van der Waals surface area contributed by atoms with E-state index in [1.807, 2.05) is 74.5 Å². The van der Waals surface area contributed by atoms with Gasteiger partial charge >= 0.3 is 8.60 Å². The topological polar surface area (TPSA) is 27.7 Å². The molecule has 0 aliphatic heterocycles. The Hall–Kier alpha value is -2.51. The number of hydrogen-bond donors (Lipinski definition) is 0. The zero-order valence-corrected chi connectivity index (χ0v) is 15.5. The van der Waals surface area contributed by atoms with Crippen molar-refractivity contribution >= 4 is 8.60 Å². The summed E-state index contributed by atoms with van der Waals surface area (Å²) in [5.74, 6) is 2.24. The predicted octanol–water partition coefficient (Wildman–Crippen LogP) is 6.38. The van der Waals surface area contributed by atoms with Crippen LogP contribution in [-0.4, -0.2) is 0 Å².